The zero-order valence-corrected chi connectivity index (χ0v) is 21.9. The molecule has 5 aliphatic rings. The van der Waals surface area contributed by atoms with Crippen molar-refractivity contribution in [2.45, 2.75) is 126 Å². The highest BCUT2D eigenvalue weighted by atomic mass is 16.3. The molecular formula is C30H50O. The van der Waals surface area contributed by atoms with Gasteiger partial charge in [0.15, 0.2) is 0 Å². The molecular weight excluding hydrogens is 376 g/mol. The molecule has 0 radical (unpaired) electrons. The second kappa shape index (κ2) is 6.43. The summed E-state index contributed by atoms with van der Waals surface area (Å²) in [6.45, 7) is 20.4. The van der Waals surface area contributed by atoms with Crippen molar-refractivity contribution in [3.63, 3.8) is 0 Å². The summed E-state index contributed by atoms with van der Waals surface area (Å²) in [5.41, 5.74) is 4.09. The topological polar surface area (TPSA) is 20.2 Å². The van der Waals surface area contributed by atoms with Crippen LogP contribution >= 0.6 is 0 Å². The van der Waals surface area contributed by atoms with E-state index in [1.54, 1.807) is 0 Å². The second-order valence-corrected chi connectivity index (χ2v) is 15.2. The molecule has 0 aromatic rings. The van der Waals surface area contributed by atoms with Gasteiger partial charge in [0.25, 0.3) is 0 Å². The third kappa shape index (κ3) is 2.77. The maximum atomic E-state index is 10.9. The molecule has 0 heterocycles. The average Bonchev–Trinajstić information content (AvgIpc) is 2.67. The summed E-state index contributed by atoms with van der Waals surface area (Å²) in [7, 11) is 0. The third-order valence-corrected chi connectivity index (χ3v) is 13.0. The molecule has 5 aliphatic carbocycles. The molecule has 0 saturated heterocycles. The molecule has 4 unspecified atom stereocenters. The molecule has 8 atom stereocenters. The number of allylic oxidation sites excluding steroid dienone is 2. The van der Waals surface area contributed by atoms with Gasteiger partial charge < -0.3 is 5.11 Å². The van der Waals surface area contributed by atoms with E-state index < -0.39 is 0 Å². The molecule has 0 aromatic carbocycles. The number of fused-ring (bicyclic) bond motifs is 7. The van der Waals surface area contributed by atoms with Crippen LogP contribution in [0.4, 0.5) is 0 Å². The van der Waals surface area contributed by atoms with E-state index in [0.29, 0.717) is 33.0 Å². The molecule has 4 fully saturated rings. The van der Waals surface area contributed by atoms with Crippen LogP contribution in [0.15, 0.2) is 11.6 Å². The smallest absolute Gasteiger partial charge is 0.0594 e. The van der Waals surface area contributed by atoms with Crippen LogP contribution < -0.4 is 0 Å². The van der Waals surface area contributed by atoms with Crippen LogP contribution in [-0.2, 0) is 0 Å². The van der Waals surface area contributed by atoms with Crippen molar-refractivity contribution in [1.82, 2.24) is 0 Å². The minimum absolute atomic E-state index is 0.0533. The van der Waals surface area contributed by atoms with E-state index in [9.17, 15) is 5.11 Å². The Kier molecular flexibility index (Phi) is 4.66. The van der Waals surface area contributed by atoms with Gasteiger partial charge in [0.1, 0.15) is 0 Å². The third-order valence-electron chi connectivity index (χ3n) is 13.0. The van der Waals surface area contributed by atoms with Crippen molar-refractivity contribution >= 4 is 0 Å². The van der Waals surface area contributed by atoms with Gasteiger partial charge in [0.05, 0.1) is 6.10 Å². The minimum Gasteiger partial charge on any atom is -0.393 e. The van der Waals surface area contributed by atoms with Gasteiger partial charge in [-0.3, -0.25) is 0 Å². The first-order valence-corrected chi connectivity index (χ1v) is 13.6. The lowest BCUT2D eigenvalue weighted by Crippen LogP contribution is -2.64. The normalized spacial score (nSPS) is 55.2. The van der Waals surface area contributed by atoms with Gasteiger partial charge in [-0.1, -0.05) is 67.0 Å². The Bertz CT molecular complexity index is 790. The SMILES string of the molecule is CC1(C)CC[C@]2(C)CCC3(C)C(=CCC4[C@@]5(C)CC[C@H](O)C(C)(C)C5CC[C@]43C)C2C1. The van der Waals surface area contributed by atoms with Crippen LogP contribution in [0.25, 0.3) is 0 Å². The summed E-state index contributed by atoms with van der Waals surface area (Å²) in [5, 5.41) is 10.9. The fourth-order valence-corrected chi connectivity index (χ4v) is 10.5. The van der Waals surface area contributed by atoms with E-state index in [1.165, 1.54) is 57.8 Å². The predicted octanol–water partition coefficient (Wildman–Crippen LogP) is 8.17. The summed E-state index contributed by atoms with van der Waals surface area (Å²) in [6, 6.07) is 0. The van der Waals surface area contributed by atoms with Crippen molar-refractivity contribution < 1.29 is 5.11 Å². The van der Waals surface area contributed by atoms with Gasteiger partial charge in [-0.25, -0.2) is 0 Å². The molecule has 176 valence electrons. The van der Waals surface area contributed by atoms with Crippen molar-refractivity contribution in [3.05, 3.63) is 11.6 Å². The number of aliphatic hydroxyl groups excluding tert-OH is 1. The Labute approximate surface area is 192 Å². The predicted molar refractivity (Wildman–Crippen MR) is 131 cm³/mol. The molecule has 0 aliphatic heterocycles. The summed E-state index contributed by atoms with van der Waals surface area (Å²) >= 11 is 0. The monoisotopic (exact) mass is 426 g/mol. The Morgan fingerprint density at radius 1 is 0.774 bits per heavy atom. The zero-order valence-electron chi connectivity index (χ0n) is 21.9. The Morgan fingerprint density at radius 3 is 2.16 bits per heavy atom. The molecule has 0 amide bonds. The summed E-state index contributed by atoms with van der Waals surface area (Å²) in [6.07, 6.45) is 15.9. The highest BCUT2D eigenvalue weighted by Gasteiger charge is 2.67. The first-order valence-electron chi connectivity index (χ1n) is 13.6. The number of aliphatic hydroxyl groups is 1. The lowest BCUT2D eigenvalue weighted by molar-refractivity contribution is -0.202. The van der Waals surface area contributed by atoms with Gasteiger partial charge in [-0.05, 0) is 114 Å². The van der Waals surface area contributed by atoms with Gasteiger partial charge in [-0.15, -0.1) is 0 Å². The van der Waals surface area contributed by atoms with Crippen molar-refractivity contribution in [2.24, 2.45) is 50.2 Å². The number of rotatable bonds is 0. The highest BCUT2D eigenvalue weighted by Crippen LogP contribution is 2.75. The van der Waals surface area contributed by atoms with Crippen molar-refractivity contribution in [3.8, 4) is 0 Å². The largest absolute Gasteiger partial charge is 0.393 e. The van der Waals surface area contributed by atoms with Gasteiger partial charge >= 0.3 is 0 Å². The van der Waals surface area contributed by atoms with Gasteiger partial charge in [0, 0.05) is 0 Å². The lowest BCUT2D eigenvalue weighted by atomic mass is 9.33. The molecule has 4 saturated carbocycles. The quantitative estimate of drug-likeness (QED) is 0.387. The number of hydrogen-bond donors (Lipinski definition) is 1. The summed E-state index contributed by atoms with van der Waals surface area (Å²) in [5.74, 6) is 2.21. The summed E-state index contributed by atoms with van der Waals surface area (Å²) in [4.78, 5) is 0. The van der Waals surface area contributed by atoms with Crippen molar-refractivity contribution in [2.75, 3.05) is 0 Å². The van der Waals surface area contributed by atoms with E-state index >= 15 is 0 Å². The standard InChI is InChI=1S/C30H50O/c1-25(2)15-16-27(5)17-18-29(7)20(21(27)19-25)9-10-23-28(6)13-12-24(31)26(3,4)22(28)11-14-30(23,29)8/h9,21-24,31H,10-19H2,1-8H3/t21?,22?,23?,24-,27+,28-,29?,30+/m0/s1. The van der Waals surface area contributed by atoms with Crippen LogP contribution in [0.2, 0.25) is 0 Å². The maximum Gasteiger partial charge on any atom is 0.0594 e. The van der Waals surface area contributed by atoms with E-state index in [0.717, 1.165) is 18.3 Å². The van der Waals surface area contributed by atoms with E-state index in [1.807, 2.05) is 5.57 Å². The summed E-state index contributed by atoms with van der Waals surface area (Å²) < 4.78 is 0. The first kappa shape index (κ1) is 22.5. The molecule has 1 N–H and O–H groups in total. The van der Waals surface area contributed by atoms with E-state index in [2.05, 4.69) is 61.5 Å². The van der Waals surface area contributed by atoms with Crippen LogP contribution in [-0.4, -0.2) is 11.2 Å². The molecule has 1 heteroatoms. The fourth-order valence-electron chi connectivity index (χ4n) is 10.5. The molecule has 5 rings (SSSR count). The number of hydrogen-bond acceptors (Lipinski definition) is 1. The first-order chi connectivity index (χ1) is 14.2. The highest BCUT2D eigenvalue weighted by molar-refractivity contribution is 5.33. The van der Waals surface area contributed by atoms with Crippen molar-refractivity contribution in [1.29, 1.82) is 0 Å². The minimum atomic E-state index is -0.125. The van der Waals surface area contributed by atoms with Gasteiger partial charge in [-0.2, -0.15) is 0 Å². The van der Waals surface area contributed by atoms with Crippen LogP contribution in [0.1, 0.15) is 120 Å². The van der Waals surface area contributed by atoms with E-state index in [4.69, 9.17) is 0 Å². The lowest BCUT2D eigenvalue weighted by Gasteiger charge is -2.71. The average molecular weight is 427 g/mol. The van der Waals surface area contributed by atoms with Crippen LogP contribution in [0.3, 0.4) is 0 Å². The molecule has 0 spiro atoms. The molecule has 0 bridgehead atoms. The van der Waals surface area contributed by atoms with Gasteiger partial charge in [0.2, 0.25) is 0 Å². The molecule has 0 aromatic heterocycles. The maximum absolute atomic E-state index is 10.9. The Morgan fingerprint density at radius 2 is 1.45 bits per heavy atom. The zero-order chi connectivity index (χ0) is 22.7. The van der Waals surface area contributed by atoms with E-state index in [-0.39, 0.29) is 11.5 Å². The molecule has 1 nitrogen and oxygen atoms in total. The van der Waals surface area contributed by atoms with Crippen LogP contribution in [0, 0.1) is 50.2 Å². The fraction of sp³-hybridized carbons (Fsp3) is 0.933. The van der Waals surface area contributed by atoms with Crippen LogP contribution in [0.5, 0.6) is 0 Å². The Balaban J connectivity index is 1.57. The second-order valence-electron chi connectivity index (χ2n) is 15.2. The molecule has 31 heavy (non-hydrogen) atoms. The Hall–Kier alpha value is -0.300.